The molecule has 0 aliphatic heterocycles. The lowest BCUT2D eigenvalue weighted by atomic mass is 10.4. The molecule has 0 aliphatic carbocycles. The Kier molecular flexibility index (Phi) is 4.78. The molecule has 1 aromatic carbocycles. The van der Waals surface area contributed by atoms with Crippen molar-refractivity contribution in [3.63, 3.8) is 0 Å². The minimum atomic E-state index is -0.981. The third-order valence-corrected chi connectivity index (χ3v) is 3.34. The highest BCUT2D eigenvalue weighted by Gasteiger charge is 2.07. The number of rotatable bonds is 6. The van der Waals surface area contributed by atoms with E-state index in [9.17, 15) is 9.59 Å². The van der Waals surface area contributed by atoms with Crippen LogP contribution in [0.5, 0.6) is 0 Å². The molecule has 1 heterocycles. The number of benzene rings is 1. The first-order valence-corrected chi connectivity index (χ1v) is 6.84. The summed E-state index contributed by atoms with van der Waals surface area (Å²) in [5.41, 5.74) is 0.491. The summed E-state index contributed by atoms with van der Waals surface area (Å²) in [4.78, 5) is 23.3. The first-order chi connectivity index (χ1) is 9.63. The Morgan fingerprint density at radius 2 is 2.05 bits per heavy atom. The average Bonchev–Trinajstić information content (AvgIpc) is 2.84. The van der Waals surface area contributed by atoms with Crippen LogP contribution in [0.15, 0.2) is 47.6 Å². The third kappa shape index (κ3) is 4.43. The number of carboxylic acid groups (broad SMARTS) is 1. The Balaban J connectivity index is 1.82. The number of hydrogen-bond donors (Lipinski definition) is 2. The summed E-state index contributed by atoms with van der Waals surface area (Å²) >= 11 is 1.43. The van der Waals surface area contributed by atoms with Crippen LogP contribution in [0.1, 0.15) is 0 Å². The second-order valence-corrected chi connectivity index (χ2v) is 5.02. The van der Waals surface area contributed by atoms with Crippen molar-refractivity contribution in [1.82, 2.24) is 9.78 Å². The van der Waals surface area contributed by atoms with Crippen LogP contribution in [-0.2, 0) is 16.1 Å². The van der Waals surface area contributed by atoms with Crippen molar-refractivity contribution < 1.29 is 14.7 Å². The zero-order valence-corrected chi connectivity index (χ0v) is 11.3. The average molecular weight is 291 g/mol. The van der Waals surface area contributed by atoms with E-state index in [1.165, 1.54) is 28.8 Å². The number of nitrogens with one attached hydrogen (secondary N) is 1. The molecular weight excluding hydrogens is 278 g/mol. The number of amides is 1. The molecule has 0 radical (unpaired) electrons. The predicted molar refractivity (Wildman–Crippen MR) is 75.7 cm³/mol. The van der Waals surface area contributed by atoms with Crippen LogP contribution < -0.4 is 5.32 Å². The van der Waals surface area contributed by atoms with Gasteiger partial charge in [-0.15, -0.1) is 11.8 Å². The molecule has 20 heavy (non-hydrogen) atoms. The summed E-state index contributed by atoms with van der Waals surface area (Å²) < 4.78 is 1.25. The second-order valence-electron chi connectivity index (χ2n) is 3.97. The van der Waals surface area contributed by atoms with Gasteiger partial charge < -0.3 is 10.4 Å². The number of thioether (sulfide) groups is 1. The highest BCUT2D eigenvalue weighted by Crippen LogP contribution is 2.17. The highest BCUT2D eigenvalue weighted by molar-refractivity contribution is 8.00. The van der Waals surface area contributed by atoms with Crippen LogP contribution in [0.25, 0.3) is 0 Å². The molecule has 0 aliphatic rings. The van der Waals surface area contributed by atoms with Crippen LogP contribution in [-0.4, -0.2) is 32.5 Å². The van der Waals surface area contributed by atoms with E-state index in [0.717, 1.165) is 4.90 Å². The molecular formula is C13H13N3O3S. The van der Waals surface area contributed by atoms with E-state index < -0.39 is 5.97 Å². The zero-order valence-electron chi connectivity index (χ0n) is 10.5. The van der Waals surface area contributed by atoms with Crippen molar-refractivity contribution in [2.45, 2.75) is 11.4 Å². The zero-order chi connectivity index (χ0) is 14.4. The molecule has 6 nitrogen and oxygen atoms in total. The van der Waals surface area contributed by atoms with Crippen LogP contribution in [0.2, 0.25) is 0 Å². The van der Waals surface area contributed by atoms with Crippen molar-refractivity contribution in [2.75, 3.05) is 11.1 Å². The molecule has 0 bridgehead atoms. The minimum absolute atomic E-state index is 0.159. The van der Waals surface area contributed by atoms with E-state index in [1.54, 1.807) is 0 Å². The van der Waals surface area contributed by atoms with Crippen molar-refractivity contribution in [3.05, 3.63) is 42.7 Å². The molecule has 0 atom stereocenters. The highest BCUT2D eigenvalue weighted by atomic mass is 32.2. The molecule has 0 saturated carbocycles. The lowest BCUT2D eigenvalue weighted by Gasteiger charge is -2.02. The molecule has 2 rings (SSSR count). The monoisotopic (exact) mass is 291 g/mol. The number of carbonyl (C=O) groups is 2. The predicted octanol–water partition coefficient (Wildman–Crippen LogP) is 1.70. The topological polar surface area (TPSA) is 84.2 Å². The molecule has 0 fully saturated rings. The molecule has 2 aromatic rings. The molecule has 0 spiro atoms. The van der Waals surface area contributed by atoms with E-state index in [4.69, 9.17) is 5.11 Å². The van der Waals surface area contributed by atoms with Gasteiger partial charge in [0.05, 0.1) is 17.6 Å². The van der Waals surface area contributed by atoms with E-state index in [2.05, 4.69) is 10.4 Å². The molecule has 0 saturated heterocycles. The fourth-order valence-corrected chi connectivity index (χ4v) is 2.24. The molecule has 2 N–H and O–H groups in total. The van der Waals surface area contributed by atoms with Gasteiger partial charge >= 0.3 is 5.97 Å². The summed E-state index contributed by atoms with van der Waals surface area (Å²) in [7, 11) is 0. The number of hydrogen-bond acceptors (Lipinski definition) is 4. The first kappa shape index (κ1) is 14.1. The third-order valence-electron chi connectivity index (χ3n) is 2.33. The summed E-state index contributed by atoms with van der Waals surface area (Å²) in [6.07, 6.45) is 2.91. The van der Waals surface area contributed by atoms with E-state index in [1.807, 2.05) is 30.3 Å². The summed E-state index contributed by atoms with van der Waals surface area (Å²) in [5, 5.41) is 15.1. The van der Waals surface area contributed by atoms with Crippen molar-refractivity contribution in [1.29, 1.82) is 0 Å². The number of carboxylic acids is 1. The van der Waals surface area contributed by atoms with E-state index in [-0.39, 0.29) is 18.2 Å². The van der Waals surface area contributed by atoms with Gasteiger partial charge in [0.15, 0.2) is 0 Å². The lowest BCUT2D eigenvalue weighted by molar-refractivity contribution is -0.137. The Hall–Kier alpha value is -2.28. The minimum Gasteiger partial charge on any atom is -0.480 e. The van der Waals surface area contributed by atoms with Gasteiger partial charge in [0.1, 0.15) is 6.54 Å². The fraction of sp³-hybridized carbons (Fsp3) is 0.154. The van der Waals surface area contributed by atoms with Crippen molar-refractivity contribution in [2.24, 2.45) is 0 Å². The number of nitrogens with zero attached hydrogens (tertiary/aromatic N) is 2. The Morgan fingerprint density at radius 3 is 2.75 bits per heavy atom. The quantitative estimate of drug-likeness (QED) is 0.791. The molecule has 0 unspecified atom stereocenters. The molecule has 104 valence electrons. The van der Waals surface area contributed by atoms with Gasteiger partial charge in [-0.05, 0) is 12.1 Å². The number of aliphatic carboxylic acids is 1. The molecule has 1 aromatic heterocycles. The van der Waals surface area contributed by atoms with E-state index in [0.29, 0.717) is 5.69 Å². The van der Waals surface area contributed by atoms with Gasteiger partial charge in [0, 0.05) is 11.1 Å². The van der Waals surface area contributed by atoms with Crippen LogP contribution >= 0.6 is 11.8 Å². The van der Waals surface area contributed by atoms with Crippen LogP contribution in [0.4, 0.5) is 5.69 Å². The maximum Gasteiger partial charge on any atom is 0.325 e. The SMILES string of the molecule is O=C(O)Cn1cc(NC(=O)CSc2ccccc2)cn1. The normalized spacial score (nSPS) is 10.2. The molecule has 1 amide bonds. The Bertz CT molecular complexity index is 598. The van der Waals surface area contributed by atoms with Gasteiger partial charge in [0.2, 0.25) is 5.91 Å². The van der Waals surface area contributed by atoms with Crippen LogP contribution in [0.3, 0.4) is 0 Å². The van der Waals surface area contributed by atoms with Gasteiger partial charge in [-0.3, -0.25) is 14.3 Å². The van der Waals surface area contributed by atoms with Gasteiger partial charge in [0.25, 0.3) is 0 Å². The Morgan fingerprint density at radius 1 is 1.30 bits per heavy atom. The first-order valence-electron chi connectivity index (χ1n) is 5.85. The number of aromatic nitrogens is 2. The lowest BCUT2D eigenvalue weighted by Crippen LogP contribution is -2.13. The Labute approximate surface area is 119 Å². The fourth-order valence-electron chi connectivity index (χ4n) is 1.52. The number of anilines is 1. The van der Waals surface area contributed by atoms with Gasteiger partial charge in [-0.1, -0.05) is 18.2 Å². The number of carbonyl (C=O) groups excluding carboxylic acids is 1. The summed E-state index contributed by atoms with van der Waals surface area (Å²) in [6.45, 7) is -0.228. The molecule has 7 heteroatoms. The second kappa shape index (κ2) is 6.76. The maximum absolute atomic E-state index is 11.7. The van der Waals surface area contributed by atoms with Gasteiger partial charge in [-0.25, -0.2) is 0 Å². The largest absolute Gasteiger partial charge is 0.480 e. The summed E-state index contributed by atoms with van der Waals surface area (Å²) in [6, 6.07) is 9.61. The smallest absolute Gasteiger partial charge is 0.325 e. The maximum atomic E-state index is 11.7. The van der Waals surface area contributed by atoms with Crippen molar-refractivity contribution >= 4 is 29.3 Å². The summed E-state index contributed by atoms with van der Waals surface area (Å²) in [5.74, 6) is -0.854. The van der Waals surface area contributed by atoms with E-state index >= 15 is 0 Å². The van der Waals surface area contributed by atoms with Gasteiger partial charge in [-0.2, -0.15) is 5.10 Å². The standard InChI is InChI=1S/C13H13N3O3S/c17-12(9-20-11-4-2-1-3-5-11)15-10-6-14-16(7-10)8-13(18)19/h1-7H,8-9H2,(H,15,17)(H,18,19). The van der Waals surface area contributed by atoms with Crippen molar-refractivity contribution in [3.8, 4) is 0 Å². The van der Waals surface area contributed by atoms with Crippen LogP contribution in [0, 0.1) is 0 Å².